The molecule has 1 amide bonds. The summed E-state index contributed by atoms with van der Waals surface area (Å²) < 4.78 is 13.5. The number of amides is 1. The van der Waals surface area contributed by atoms with Crippen LogP contribution >= 0.6 is 11.6 Å². The van der Waals surface area contributed by atoms with Gasteiger partial charge in [-0.15, -0.1) is 0 Å². The second kappa shape index (κ2) is 7.15. The summed E-state index contributed by atoms with van der Waals surface area (Å²) in [5, 5.41) is 2.91. The lowest BCUT2D eigenvalue weighted by molar-refractivity contribution is -0.117. The van der Waals surface area contributed by atoms with Crippen molar-refractivity contribution in [2.45, 2.75) is 6.54 Å². The summed E-state index contributed by atoms with van der Waals surface area (Å²) in [7, 11) is 1.75. The lowest BCUT2D eigenvalue weighted by Gasteiger charge is -2.16. The van der Waals surface area contributed by atoms with E-state index >= 15 is 0 Å². The highest BCUT2D eigenvalue weighted by atomic mass is 35.5. The van der Waals surface area contributed by atoms with Crippen molar-refractivity contribution in [3.63, 3.8) is 0 Å². The molecule has 1 heterocycles. The third kappa shape index (κ3) is 4.51. The molecule has 0 aliphatic heterocycles. The van der Waals surface area contributed by atoms with Gasteiger partial charge in [-0.2, -0.15) is 0 Å². The van der Waals surface area contributed by atoms with Crippen molar-refractivity contribution in [1.82, 2.24) is 9.88 Å². The van der Waals surface area contributed by atoms with E-state index in [0.29, 0.717) is 17.8 Å². The van der Waals surface area contributed by atoms with Gasteiger partial charge in [0.1, 0.15) is 5.82 Å². The molecule has 4 nitrogen and oxygen atoms in total. The number of benzene rings is 1. The Morgan fingerprint density at radius 1 is 1.33 bits per heavy atom. The van der Waals surface area contributed by atoms with E-state index in [9.17, 15) is 9.18 Å². The number of pyridine rings is 1. The molecule has 1 N–H and O–H groups in total. The van der Waals surface area contributed by atoms with Gasteiger partial charge in [-0.25, -0.2) is 9.37 Å². The summed E-state index contributed by atoms with van der Waals surface area (Å²) in [6.45, 7) is 0.473. The molecule has 0 atom stereocenters. The standard InChI is InChI=1S/C15H15ClFN3O/c1-20(9-11-5-2-3-6-12(11)17)10-14(21)19-13-7-4-8-18-15(13)16/h2-8H,9-10H2,1H3,(H,19,21). The van der Waals surface area contributed by atoms with Crippen LogP contribution < -0.4 is 5.32 Å². The molecule has 0 radical (unpaired) electrons. The maximum absolute atomic E-state index is 13.5. The number of hydrogen-bond acceptors (Lipinski definition) is 3. The van der Waals surface area contributed by atoms with Crippen molar-refractivity contribution in [2.75, 3.05) is 18.9 Å². The second-order valence-electron chi connectivity index (χ2n) is 4.65. The Hall–Kier alpha value is -1.98. The van der Waals surface area contributed by atoms with Crippen molar-refractivity contribution in [2.24, 2.45) is 0 Å². The quantitative estimate of drug-likeness (QED) is 0.864. The molecule has 0 spiro atoms. The van der Waals surface area contributed by atoms with Gasteiger partial charge in [-0.3, -0.25) is 9.69 Å². The molecule has 2 rings (SSSR count). The Morgan fingerprint density at radius 3 is 2.81 bits per heavy atom. The summed E-state index contributed by atoms with van der Waals surface area (Å²) >= 11 is 5.87. The highest BCUT2D eigenvalue weighted by molar-refractivity contribution is 6.32. The first-order valence-electron chi connectivity index (χ1n) is 6.38. The number of nitrogens with one attached hydrogen (secondary N) is 1. The molecular weight excluding hydrogens is 293 g/mol. The van der Waals surface area contributed by atoms with Gasteiger partial charge in [-0.05, 0) is 25.2 Å². The minimum absolute atomic E-state index is 0.125. The molecule has 0 unspecified atom stereocenters. The van der Waals surface area contributed by atoms with Gasteiger partial charge in [0.15, 0.2) is 5.15 Å². The average molecular weight is 308 g/mol. The second-order valence-corrected chi connectivity index (χ2v) is 5.01. The predicted molar refractivity (Wildman–Crippen MR) is 80.6 cm³/mol. The molecule has 21 heavy (non-hydrogen) atoms. The maximum atomic E-state index is 13.5. The van der Waals surface area contributed by atoms with Gasteiger partial charge in [0.2, 0.25) is 5.91 Å². The molecule has 110 valence electrons. The SMILES string of the molecule is CN(CC(=O)Nc1cccnc1Cl)Cc1ccccc1F. The van der Waals surface area contributed by atoms with Crippen LogP contribution in [-0.2, 0) is 11.3 Å². The fourth-order valence-electron chi connectivity index (χ4n) is 1.89. The van der Waals surface area contributed by atoms with Gasteiger partial charge in [0, 0.05) is 18.3 Å². The lowest BCUT2D eigenvalue weighted by Crippen LogP contribution is -2.30. The first kappa shape index (κ1) is 15.4. The molecule has 0 saturated carbocycles. The van der Waals surface area contributed by atoms with E-state index in [-0.39, 0.29) is 23.4 Å². The van der Waals surface area contributed by atoms with E-state index in [4.69, 9.17) is 11.6 Å². The minimum atomic E-state index is -0.278. The number of anilines is 1. The van der Waals surface area contributed by atoms with E-state index in [1.807, 2.05) is 0 Å². The molecule has 1 aromatic heterocycles. The Bertz CT molecular complexity index is 636. The molecule has 0 aliphatic carbocycles. The number of nitrogens with zero attached hydrogens (tertiary/aromatic N) is 2. The molecule has 6 heteroatoms. The topological polar surface area (TPSA) is 45.2 Å². The fourth-order valence-corrected chi connectivity index (χ4v) is 2.05. The van der Waals surface area contributed by atoms with Gasteiger partial charge in [0.25, 0.3) is 0 Å². The van der Waals surface area contributed by atoms with Crippen LogP contribution in [0.2, 0.25) is 5.15 Å². The Morgan fingerprint density at radius 2 is 2.10 bits per heavy atom. The van der Waals surface area contributed by atoms with Crippen LogP contribution in [0.15, 0.2) is 42.6 Å². The molecule has 0 saturated heterocycles. The molecule has 0 fully saturated rings. The number of aromatic nitrogens is 1. The van der Waals surface area contributed by atoms with Crippen LogP contribution in [0.3, 0.4) is 0 Å². The number of rotatable bonds is 5. The van der Waals surface area contributed by atoms with E-state index in [0.717, 1.165) is 0 Å². The molecule has 0 aliphatic rings. The van der Waals surface area contributed by atoms with E-state index in [1.165, 1.54) is 6.07 Å². The Balaban J connectivity index is 1.91. The summed E-state index contributed by atoms with van der Waals surface area (Å²) in [5.74, 6) is -0.510. The highest BCUT2D eigenvalue weighted by Crippen LogP contribution is 2.17. The van der Waals surface area contributed by atoms with Crippen molar-refractivity contribution in [1.29, 1.82) is 0 Å². The van der Waals surface area contributed by atoms with Gasteiger partial charge in [0.05, 0.1) is 12.2 Å². The molecule has 0 bridgehead atoms. The molecular formula is C15H15ClFN3O. The Labute approximate surface area is 127 Å². The Kier molecular flexibility index (Phi) is 5.25. The summed E-state index contributed by atoms with van der Waals surface area (Å²) in [5.41, 5.74) is 1.01. The number of likely N-dealkylation sites (N-methyl/N-ethyl adjacent to an activating group) is 1. The minimum Gasteiger partial charge on any atom is -0.322 e. The normalized spacial score (nSPS) is 10.7. The predicted octanol–water partition coefficient (Wildman–Crippen LogP) is 2.94. The first-order chi connectivity index (χ1) is 10.1. The van der Waals surface area contributed by atoms with Crippen LogP contribution in [0.5, 0.6) is 0 Å². The van der Waals surface area contributed by atoms with Crippen molar-refractivity contribution >= 4 is 23.2 Å². The summed E-state index contributed by atoms with van der Waals surface area (Å²) in [6, 6.07) is 9.85. The number of carbonyl (C=O) groups is 1. The lowest BCUT2D eigenvalue weighted by atomic mass is 10.2. The monoisotopic (exact) mass is 307 g/mol. The summed E-state index contributed by atoms with van der Waals surface area (Å²) in [6.07, 6.45) is 1.54. The fraction of sp³-hybridized carbons (Fsp3) is 0.200. The van der Waals surface area contributed by atoms with Crippen LogP contribution in [-0.4, -0.2) is 29.4 Å². The average Bonchev–Trinajstić information content (AvgIpc) is 2.44. The third-order valence-electron chi connectivity index (χ3n) is 2.84. The summed E-state index contributed by atoms with van der Waals surface area (Å²) in [4.78, 5) is 17.5. The van der Waals surface area contributed by atoms with Crippen molar-refractivity contribution in [3.8, 4) is 0 Å². The van der Waals surface area contributed by atoms with Gasteiger partial charge in [-0.1, -0.05) is 29.8 Å². The number of carbonyl (C=O) groups excluding carboxylic acids is 1. The van der Waals surface area contributed by atoms with Crippen molar-refractivity contribution in [3.05, 3.63) is 59.1 Å². The molecule has 2 aromatic rings. The maximum Gasteiger partial charge on any atom is 0.238 e. The van der Waals surface area contributed by atoms with Crippen LogP contribution in [0.1, 0.15) is 5.56 Å². The van der Waals surface area contributed by atoms with Crippen LogP contribution in [0, 0.1) is 5.82 Å². The highest BCUT2D eigenvalue weighted by Gasteiger charge is 2.11. The van der Waals surface area contributed by atoms with Crippen LogP contribution in [0.25, 0.3) is 0 Å². The van der Waals surface area contributed by atoms with Gasteiger partial charge >= 0.3 is 0 Å². The largest absolute Gasteiger partial charge is 0.322 e. The van der Waals surface area contributed by atoms with E-state index < -0.39 is 0 Å². The van der Waals surface area contributed by atoms with E-state index in [1.54, 1.807) is 48.5 Å². The zero-order chi connectivity index (χ0) is 15.2. The number of hydrogen-bond donors (Lipinski definition) is 1. The smallest absolute Gasteiger partial charge is 0.238 e. The molecule has 1 aromatic carbocycles. The third-order valence-corrected chi connectivity index (χ3v) is 3.15. The first-order valence-corrected chi connectivity index (χ1v) is 6.76. The van der Waals surface area contributed by atoms with Crippen molar-refractivity contribution < 1.29 is 9.18 Å². The zero-order valence-electron chi connectivity index (χ0n) is 11.5. The van der Waals surface area contributed by atoms with Gasteiger partial charge < -0.3 is 5.32 Å². The zero-order valence-corrected chi connectivity index (χ0v) is 12.3. The van der Waals surface area contributed by atoms with Crippen LogP contribution in [0.4, 0.5) is 10.1 Å². The van der Waals surface area contributed by atoms with E-state index in [2.05, 4.69) is 10.3 Å². The number of halogens is 2.